The molecule has 1 aliphatic carbocycles. The van der Waals surface area contributed by atoms with Crippen LogP contribution < -0.4 is 0 Å². The maximum atomic E-state index is 12.8. The Kier molecular flexibility index (Phi) is 5.71. The van der Waals surface area contributed by atoms with Gasteiger partial charge in [-0.25, -0.2) is 0 Å². The monoisotopic (exact) mass is 349 g/mol. The first kappa shape index (κ1) is 18.7. The lowest BCUT2D eigenvalue weighted by molar-refractivity contribution is -0.142. The summed E-state index contributed by atoms with van der Waals surface area (Å²) in [6, 6.07) is 0. The molecule has 2 amide bonds. The SMILES string of the molecule is CC(C)(C)N1CCC(C(=O)N2CCN(C(=O)CC3CCCC3)CC2)C1. The Bertz CT molecular complexity index is 486. The Morgan fingerprint density at radius 3 is 2.04 bits per heavy atom. The maximum Gasteiger partial charge on any atom is 0.227 e. The lowest BCUT2D eigenvalue weighted by Crippen LogP contribution is -2.52. The molecular formula is C20H35N3O2. The molecule has 0 spiro atoms. The van der Waals surface area contributed by atoms with Crippen LogP contribution in [0.5, 0.6) is 0 Å². The molecule has 1 saturated carbocycles. The molecule has 2 heterocycles. The van der Waals surface area contributed by atoms with Gasteiger partial charge in [-0.15, -0.1) is 0 Å². The van der Waals surface area contributed by atoms with Gasteiger partial charge in [-0.2, -0.15) is 0 Å². The van der Waals surface area contributed by atoms with Crippen LogP contribution in [0, 0.1) is 11.8 Å². The van der Waals surface area contributed by atoms with Gasteiger partial charge in [0.15, 0.2) is 0 Å². The van der Waals surface area contributed by atoms with Gasteiger partial charge in [0.1, 0.15) is 0 Å². The summed E-state index contributed by atoms with van der Waals surface area (Å²) in [6.45, 7) is 11.4. The lowest BCUT2D eigenvalue weighted by Gasteiger charge is -2.37. The molecule has 5 heteroatoms. The van der Waals surface area contributed by atoms with Crippen LogP contribution in [0.15, 0.2) is 0 Å². The van der Waals surface area contributed by atoms with E-state index in [2.05, 4.69) is 25.7 Å². The van der Waals surface area contributed by atoms with Gasteiger partial charge >= 0.3 is 0 Å². The fourth-order valence-corrected chi connectivity index (χ4v) is 4.60. The standard InChI is InChI=1S/C20H35N3O2/c1-20(2,3)23-9-8-17(15-23)19(25)22-12-10-21(11-13-22)18(24)14-16-6-4-5-7-16/h16-17H,4-15H2,1-3H3. The topological polar surface area (TPSA) is 43.9 Å². The molecule has 5 nitrogen and oxygen atoms in total. The molecule has 1 unspecified atom stereocenters. The zero-order chi connectivity index (χ0) is 18.0. The third-order valence-corrected chi connectivity index (χ3v) is 6.37. The fourth-order valence-electron chi connectivity index (χ4n) is 4.60. The molecule has 2 saturated heterocycles. The van der Waals surface area contributed by atoms with Crippen molar-refractivity contribution in [3.63, 3.8) is 0 Å². The van der Waals surface area contributed by atoms with E-state index in [-0.39, 0.29) is 11.5 Å². The van der Waals surface area contributed by atoms with Crippen molar-refractivity contribution < 1.29 is 9.59 Å². The summed E-state index contributed by atoms with van der Waals surface area (Å²) in [4.78, 5) is 31.7. The molecule has 3 aliphatic rings. The number of piperazine rings is 1. The van der Waals surface area contributed by atoms with E-state index in [0.717, 1.165) is 25.9 Å². The quantitative estimate of drug-likeness (QED) is 0.786. The largest absolute Gasteiger partial charge is 0.339 e. The van der Waals surface area contributed by atoms with Crippen LogP contribution >= 0.6 is 0 Å². The highest BCUT2D eigenvalue weighted by Crippen LogP contribution is 2.29. The molecule has 142 valence electrons. The molecule has 0 radical (unpaired) electrons. The number of carbonyl (C=O) groups is 2. The van der Waals surface area contributed by atoms with Crippen molar-refractivity contribution >= 4 is 11.8 Å². The number of hydrogen-bond acceptors (Lipinski definition) is 3. The number of amides is 2. The predicted molar refractivity (Wildman–Crippen MR) is 99.2 cm³/mol. The molecule has 0 aromatic rings. The molecule has 3 fully saturated rings. The van der Waals surface area contributed by atoms with Gasteiger partial charge in [-0.1, -0.05) is 12.8 Å². The van der Waals surface area contributed by atoms with Crippen molar-refractivity contribution in [1.29, 1.82) is 0 Å². The summed E-state index contributed by atoms with van der Waals surface area (Å²) in [7, 11) is 0. The molecule has 0 aromatic heterocycles. The minimum absolute atomic E-state index is 0.139. The van der Waals surface area contributed by atoms with E-state index >= 15 is 0 Å². The molecule has 0 N–H and O–H groups in total. The van der Waals surface area contributed by atoms with Crippen LogP contribution in [-0.2, 0) is 9.59 Å². The normalized spacial score (nSPS) is 26.4. The smallest absolute Gasteiger partial charge is 0.227 e. The van der Waals surface area contributed by atoms with Gasteiger partial charge in [-0.3, -0.25) is 14.5 Å². The van der Waals surface area contributed by atoms with E-state index < -0.39 is 0 Å². The van der Waals surface area contributed by atoms with Gasteiger partial charge in [0.25, 0.3) is 0 Å². The summed E-state index contributed by atoms with van der Waals surface area (Å²) in [5.74, 6) is 1.35. The van der Waals surface area contributed by atoms with Crippen molar-refractivity contribution in [2.45, 2.75) is 64.8 Å². The Balaban J connectivity index is 1.44. The first-order chi connectivity index (χ1) is 11.8. The molecule has 0 aromatic carbocycles. The number of rotatable bonds is 3. The van der Waals surface area contributed by atoms with Crippen LogP contribution in [0.1, 0.15) is 59.3 Å². The predicted octanol–water partition coefficient (Wildman–Crippen LogP) is 2.36. The third-order valence-electron chi connectivity index (χ3n) is 6.37. The minimum atomic E-state index is 0.139. The van der Waals surface area contributed by atoms with E-state index in [0.29, 0.717) is 43.9 Å². The second kappa shape index (κ2) is 7.65. The zero-order valence-electron chi connectivity index (χ0n) is 16.3. The molecular weight excluding hydrogens is 314 g/mol. The molecule has 2 aliphatic heterocycles. The highest BCUT2D eigenvalue weighted by atomic mass is 16.2. The fraction of sp³-hybridized carbons (Fsp3) is 0.900. The van der Waals surface area contributed by atoms with Crippen molar-refractivity contribution in [1.82, 2.24) is 14.7 Å². The van der Waals surface area contributed by atoms with Crippen molar-refractivity contribution in [2.75, 3.05) is 39.3 Å². The molecule has 3 rings (SSSR count). The summed E-state index contributed by atoms with van der Waals surface area (Å²) in [5.41, 5.74) is 0.139. The summed E-state index contributed by atoms with van der Waals surface area (Å²) in [6.07, 6.45) is 6.70. The maximum absolute atomic E-state index is 12.8. The van der Waals surface area contributed by atoms with Crippen LogP contribution in [0.25, 0.3) is 0 Å². The third kappa shape index (κ3) is 4.55. The number of likely N-dealkylation sites (tertiary alicyclic amines) is 1. The van der Waals surface area contributed by atoms with E-state index in [1.807, 2.05) is 9.80 Å². The second-order valence-electron chi connectivity index (χ2n) is 9.16. The summed E-state index contributed by atoms with van der Waals surface area (Å²) in [5, 5.41) is 0. The van der Waals surface area contributed by atoms with Crippen molar-refractivity contribution in [3.8, 4) is 0 Å². The Morgan fingerprint density at radius 1 is 0.880 bits per heavy atom. The number of hydrogen-bond donors (Lipinski definition) is 0. The summed E-state index contributed by atoms with van der Waals surface area (Å²) >= 11 is 0. The highest BCUT2D eigenvalue weighted by molar-refractivity contribution is 5.80. The van der Waals surface area contributed by atoms with Crippen molar-refractivity contribution in [3.05, 3.63) is 0 Å². The summed E-state index contributed by atoms with van der Waals surface area (Å²) < 4.78 is 0. The van der Waals surface area contributed by atoms with Gasteiger partial charge < -0.3 is 9.80 Å². The van der Waals surface area contributed by atoms with Crippen LogP contribution in [0.2, 0.25) is 0 Å². The van der Waals surface area contributed by atoms with Gasteiger partial charge in [0, 0.05) is 44.7 Å². The molecule has 1 atom stereocenters. The van der Waals surface area contributed by atoms with E-state index in [4.69, 9.17) is 0 Å². The van der Waals surface area contributed by atoms with Gasteiger partial charge in [0.2, 0.25) is 11.8 Å². The lowest BCUT2D eigenvalue weighted by atomic mass is 10.0. The van der Waals surface area contributed by atoms with Crippen molar-refractivity contribution in [2.24, 2.45) is 11.8 Å². The first-order valence-corrected chi connectivity index (χ1v) is 10.2. The minimum Gasteiger partial charge on any atom is -0.339 e. The molecule has 25 heavy (non-hydrogen) atoms. The average molecular weight is 350 g/mol. The number of nitrogens with zero attached hydrogens (tertiary/aromatic N) is 3. The van der Waals surface area contributed by atoms with E-state index in [1.165, 1.54) is 25.7 Å². The second-order valence-corrected chi connectivity index (χ2v) is 9.16. The Morgan fingerprint density at radius 2 is 1.48 bits per heavy atom. The number of carbonyl (C=O) groups excluding carboxylic acids is 2. The van der Waals surface area contributed by atoms with Crippen LogP contribution in [0.4, 0.5) is 0 Å². The van der Waals surface area contributed by atoms with Crippen LogP contribution in [0.3, 0.4) is 0 Å². The molecule has 0 bridgehead atoms. The Labute approximate surface area is 152 Å². The van der Waals surface area contributed by atoms with Crippen LogP contribution in [-0.4, -0.2) is 71.3 Å². The van der Waals surface area contributed by atoms with Gasteiger partial charge in [0.05, 0.1) is 5.92 Å². The van der Waals surface area contributed by atoms with E-state index in [9.17, 15) is 9.59 Å². The van der Waals surface area contributed by atoms with E-state index in [1.54, 1.807) is 0 Å². The first-order valence-electron chi connectivity index (χ1n) is 10.2. The zero-order valence-corrected chi connectivity index (χ0v) is 16.3. The highest BCUT2D eigenvalue weighted by Gasteiger charge is 2.37. The van der Waals surface area contributed by atoms with Gasteiger partial charge in [-0.05, 0) is 52.5 Å². The average Bonchev–Trinajstić information content (AvgIpc) is 3.25. The Hall–Kier alpha value is -1.10.